The molecule has 0 aliphatic carbocycles. The van der Waals surface area contributed by atoms with Crippen molar-refractivity contribution in [3.63, 3.8) is 0 Å². The Kier molecular flexibility index (Phi) is 8.71. The minimum absolute atomic E-state index is 0.119. The van der Waals surface area contributed by atoms with Gasteiger partial charge in [0, 0.05) is 11.1 Å². The molecular formula is C24H24O10P2. The fourth-order valence-corrected chi connectivity index (χ4v) is 4.99. The third-order valence-corrected chi connectivity index (χ3v) is 7.04. The van der Waals surface area contributed by atoms with Gasteiger partial charge in [0.2, 0.25) is 0 Å². The van der Waals surface area contributed by atoms with E-state index in [1.165, 1.54) is 54.6 Å². The van der Waals surface area contributed by atoms with Gasteiger partial charge >= 0.3 is 15.2 Å². The van der Waals surface area contributed by atoms with Gasteiger partial charge in [-0.2, -0.15) is 0 Å². The van der Waals surface area contributed by atoms with Gasteiger partial charge in [-0.05, 0) is 44.2 Å². The second-order valence-electron chi connectivity index (χ2n) is 7.17. The zero-order valence-electron chi connectivity index (χ0n) is 19.4. The van der Waals surface area contributed by atoms with Crippen LogP contribution in [-0.4, -0.2) is 34.0 Å². The van der Waals surface area contributed by atoms with E-state index < -0.39 is 26.2 Å². The van der Waals surface area contributed by atoms with Crippen LogP contribution in [-0.2, 0) is 9.13 Å². The molecule has 0 aliphatic heterocycles. The van der Waals surface area contributed by atoms with Crippen molar-refractivity contribution in [3.8, 4) is 23.0 Å². The van der Waals surface area contributed by atoms with Crippen molar-refractivity contribution >= 4 is 26.2 Å². The number of hydrogen-bond acceptors (Lipinski definition) is 8. The molecule has 0 fully saturated rings. The first-order chi connectivity index (χ1) is 17.1. The molecule has 2 N–H and O–H groups in total. The molecule has 0 spiro atoms. The van der Waals surface area contributed by atoms with Crippen LogP contribution >= 0.6 is 15.2 Å². The van der Waals surface area contributed by atoms with Gasteiger partial charge in [-0.1, -0.05) is 42.5 Å². The maximum absolute atomic E-state index is 12.8. The first-order valence-electron chi connectivity index (χ1n) is 10.8. The number of ether oxygens (including phenoxy) is 2. The lowest BCUT2D eigenvalue weighted by atomic mass is 10.1. The fraction of sp³-hybridized carbons (Fsp3) is 0.167. The highest BCUT2D eigenvalue weighted by Crippen LogP contribution is 2.50. The van der Waals surface area contributed by atoms with Crippen molar-refractivity contribution in [2.24, 2.45) is 0 Å². The topological polar surface area (TPSA) is 146 Å². The molecule has 10 nitrogen and oxygen atoms in total. The monoisotopic (exact) mass is 534 g/mol. The number of carbonyl (C=O) groups excluding carboxylic acids is 2. The van der Waals surface area contributed by atoms with E-state index in [2.05, 4.69) is 0 Å². The molecule has 2 atom stereocenters. The quantitative estimate of drug-likeness (QED) is 0.294. The standard InChI is InChI=1S/C24H24O10P2/c1-3-31-19-12-5-7-14-21(19)33-35(27,28)23(25)17-10-9-11-18(16-17)24(26)36(29,30)34-22-15-8-6-13-20(22)32-4-2/h5-16H,3-4H2,1-2H3,(H,27,28)(H,29,30). The Morgan fingerprint density at radius 3 is 1.36 bits per heavy atom. The summed E-state index contributed by atoms with van der Waals surface area (Å²) >= 11 is 0. The van der Waals surface area contributed by atoms with Crippen LogP contribution in [0.2, 0.25) is 0 Å². The lowest BCUT2D eigenvalue weighted by molar-refractivity contribution is 0.104. The van der Waals surface area contributed by atoms with Crippen molar-refractivity contribution in [1.29, 1.82) is 0 Å². The molecule has 0 heterocycles. The lowest BCUT2D eigenvalue weighted by Crippen LogP contribution is -2.10. The van der Waals surface area contributed by atoms with Crippen molar-refractivity contribution in [3.05, 3.63) is 83.9 Å². The highest BCUT2D eigenvalue weighted by atomic mass is 31.2. The van der Waals surface area contributed by atoms with Gasteiger partial charge < -0.3 is 28.3 Å². The number of para-hydroxylation sites is 4. The Labute approximate surface area is 207 Å². The minimum atomic E-state index is -4.95. The molecule has 3 aromatic rings. The normalized spacial score (nSPS) is 14.1. The summed E-state index contributed by atoms with van der Waals surface area (Å²) in [5.74, 6) is 0.0902. The molecule has 0 bridgehead atoms. The summed E-state index contributed by atoms with van der Waals surface area (Å²) in [7, 11) is -9.89. The molecule has 0 aromatic heterocycles. The molecule has 3 aromatic carbocycles. The van der Waals surface area contributed by atoms with Crippen molar-refractivity contribution in [1.82, 2.24) is 0 Å². The number of carbonyl (C=O) groups is 2. The molecule has 0 amide bonds. The van der Waals surface area contributed by atoms with E-state index in [1.54, 1.807) is 26.0 Å². The summed E-state index contributed by atoms with van der Waals surface area (Å²) in [6, 6.07) is 16.5. The summed E-state index contributed by atoms with van der Waals surface area (Å²) in [5, 5.41) is 0. The molecule has 0 saturated carbocycles. The maximum atomic E-state index is 12.8. The summed E-state index contributed by atoms with van der Waals surface area (Å²) in [6.45, 7) is 3.93. The van der Waals surface area contributed by atoms with Gasteiger partial charge in [0.25, 0.3) is 11.0 Å². The van der Waals surface area contributed by atoms with Gasteiger partial charge in [-0.3, -0.25) is 9.59 Å². The highest BCUT2D eigenvalue weighted by molar-refractivity contribution is 7.72. The average molecular weight is 534 g/mol. The lowest BCUT2D eigenvalue weighted by Gasteiger charge is -2.16. The third-order valence-electron chi connectivity index (χ3n) is 4.61. The van der Waals surface area contributed by atoms with Crippen LogP contribution in [0.25, 0.3) is 0 Å². The largest absolute Gasteiger partial charge is 0.490 e. The van der Waals surface area contributed by atoms with Crippen LogP contribution in [0.5, 0.6) is 23.0 Å². The van der Waals surface area contributed by atoms with Crippen LogP contribution in [0.4, 0.5) is 0 Å². The molecule has 36 heavy (non-hydrogen) atoms. The molecule has 190 valence electrons. The SMILES string of the molecule is CCOc1ccccc1OP(=O)(O)C(=O)c1cccc(C(=O)P(=O)(O)Oc2ccccc2OCC)c1. The Balaban J connectivity index is 1.84. The molecule has 2 unspecified atom stereocenters. The van der Waals surface area contributed by atoms with Crippen LogP contribution in [0.1, 0.15) is 34.6 Å². The fourth-order valence-electron chi connectivity index (χ4n) is 3.06. The van der Waals surface area contributed by atoms with E-state index in [0.717, 1.165) is 6.07 Å². The predicted octanol–water partition coefficient (Wildman–Crippen LogP) is 5.29. The predicted molar refractivity (Wildman–Crippen MR) is 131 cm³/mol. The third kappa shape index (κ3) is 6.42. The van der Waals surface area contributed by atoms with Gasteiger partial charge in [0.15, 0.2) is 23.0 Å². The van der Waals surface area contributed by atoms with Crippen molar-refractivity contribution < 1.29 is 47.0 Å². The second kappa shape index (κ2) is 11.5. The van der Waals surface area contributed by atoms with Crippen molar-refractivity contribution in [2.45, 2.75) is 13.8 Å². The summed E-state index contributed by atoms with van der Waals surface area (Å²) in [5.41, 5.74) is -3.40. The first kappa shape index (κ1) is 27.2. The zero-order chi connectivity index (χ0) is 26.3. The Hall–Kier alpha value is -3.42. The summed E-state index contributed by atoms with van der Waals surface area (Å²) in [6.07, 6.45) is 0. The van der Waals surface area contributed by atoms with E-state index in [9.17, 15) is 28.5 Å². The van der Waals surface area contributed by atoms with Crippen molar-refractivity contribution in [2.75, 3.05) is 13.2 Å². The molecule has 0 saturated heterocycles. The van der Waals surface area contributed by atoms with Crippen LogP contribution in [0.15, 0.2) is 72.8 Å². The Morgan fingerprint density at radius 1 is 0.639 bits per heavy atom. The Bertz CT molecular complexity index is 1260. The number of benzene rings is 3. The van der Waals surface area contributed by atoms with Crippen LogP contribution in [0, 0.1) is 0 Å². The van der Waals surface area contributed by atoms with Gasteiger partial charge in [0.05, 0.1) is 13.2 Å². The van der Waals surface area contributed by atoms with E-state index in [-0.39, 0.29) is 47.3 Å². The smallest absolute Gasteiger partial charge is 0.448 e. The molecule has 0 radical (unpaired) electrons. The van der Waals surface area contributed by atoms with Gasteiger partial charge in [0.1, 0.15) is 0 Å². The van der Waals surface area contributed by atoms with E-state index in [1.807, 2.05) is 0 Å². The second-order valence-corrected chi connectivity index (χ2v) is 10.4. The van der Waals surface area contributed by atoms with Crippen LogP contribution < -0.4 is 18.5 Å². The molecule has 3 rings (SSSR count). The number of hydrogen-bond donors (Lipinski definition) is 2. The summed E-state index contributed by atoms with van der Waals surface area (Å²) in [4.78, 5) is 46.3. The van der Waals surface area contributed by atoms with Gasteiger partial charge in [-0.15, -0.1) is 0 Å². The molecule has 0 aliphatic rings. The van der Waals surface area contributed by atoms with E-state index in [4.69, 9.17) is 18.5 Å². The maximum Gasteiger partial charge on any atom is 0.448 e. The molecule has 12 heteroatoms. The Morgan fingerprint density at radius 2 is 1.00 bits per heavy atom. The highest BCUT2D eigenvalue weighted by Gasteiger charge is 2.37. The van der Waals surface area contributed by atoms with E-state index in [0.29, 0.717) is 0 Å². The van der Waals surface area contributed by atoms with Crippen LogP contribution in [0.3, 0.4) is 0 Å². The average Bonchev–Trinajstić information content (AvgIpc) is 2.85. The first-order valence-corrected chi connectivity index (χ1v) is 13.9. The minimum Gasteiger partial charge on any atom is -0.490 e. The van der Waals surface area contributed by atoms with Gasteiger partial charge in [-0.25, -0.2) is 9.13 Å². The molecular weight excluding hydrogens is 510 g/mol. The van der Waals surface area contributed by atoms with E-state index >= 15 is 0 Å². The zero-order valence-corrected chi connectivity index (χ0v) is 21.2. The summed E-state index contributed by atoms with van der Waals surface area (Å²) < 4.78 is 46.4. The number of rotatable bonds is 12.